The summed E-state index contributed by atoms with van der Waals surface area (Å²) in [4.78, 5) is 54.9. The molecule has 0 aromatic rings. The molecule has 0 amide bonds. The second-order valence-electron chi connectivity index (χ2n) is 17.5. The lowest BCUT2D eigenvalue weighted by Crippen LogP contribution is -2.50. The van der Waals surface area contributed by atoms with Crippen LogP contribution in [-0.4, -0.2) is 173 Å². The fourth-order valence-electron chi connectivity index (χ4n) is 5.34. The summed E-state index contributed by atoms with van der Waals surface area (Å²) >= 11 is 0. The van der Waals surface area contributed by atoms with Gasteiger partial charge in [-0.05, 0) is 116 Å². The predicted molar refractivity (Wildman–Crippen MR) is 296 cm³/mol. The van der Waals surface area contributed by atoms with Gasteiger partial charge in [0.1, 0.15) is 19.3 Å². The number of aliphatic hydroxyl groups is 1. The average molecular weight is 1140 g/mol. The molecule has 0 aliphatic carbocycles. The molecule has 1 aliphatic heterocycles. The molecule has 21 nitrogen and oxygen atoms in total. The maximum atomic E-state index is 11.4. The van der Waals surface area contributed by atoms with Crippen molar-refractivity contribution in [3.8, 4) is 0 Å². The molecule has 0 aromatic heterocycles. The summed E-state index contributed by atoms with van der Waals surface area (Å²) < 4.78 is 80.1. The Hall–Kier alpha value is -3.74. The first-order chi connectivity index (χ1) is 35.5. The van der Waals surface area contributed by atoms with Crippen LogP contribution in [0, 0.1) is 0 Å². The van der Waals surface area contributed by atoms with Crippen molar-refractivity contribution < 1.29 is 97.3 Å². The molecule has 1 heterocycles. The van der Waals surface area contributed by atoms with E-state index >= 15 is 0 Å². The van der Waals surface area contributed by atoms with Crippen LogP contribution < -0.4 is 0 Å². The molecule has 1 saturated heterocycles. The van der Waals surface area contributed by atoms with E-state index in [0.717, 1.165) is 0 Å². The van der Waals surface area contributed by atoms with Crippen LogP contribution in [0.25, 0.3) is 0 Å². The Balaban J connectivity index is -0.000000441. The third kappa shape index (κ3) is 43.3. The van der Waals surface area contributed by atoms with Crippen LogP contribution >= 0.6 is 0 Å². The molecule has 24 heteroatoms. The fraction of sp³-hybridized carbons (Fsp3) is 0.712. The number of rotatable bonds is 36. The Kier molecular flexibility index (Phi) is 47.9. The molecule has 0 saturated carbocycles. The van der Waals surface area contributed by atoms with Gasteiger partial charge in [0.05, 0.1) is 33.0 Å². The van der Waals surface area contributed by atoms with E-state index in [1.807, 2.05) is 62.3 Å². The van der Waals surface area contributed by atoms with E-state index in [1.165, 1.54) is 0 Å². The number of hydrogen-bond acceptors (Lipinski definition) is 21. The number of carbonyl (C=O) groups is 5. The largest absolute Gasteiger partial charge is 0.501 e. The van der Waals surface area contributed by atoms with E-state index in [-0.39, 0.29) is 61.5 Å². The lowest BCUT2D eigenvalue weighted by Gasteiger charge is -2.34. The molecule has 1 fully saturated rings. The lowest BCUT2D eigenvalue weighted by atomic mass is 10.4. The lowest BCUT2D eigenvalue weighted by molar-refractivity contribution is -0.140. The van der Waals surface area contributed by atoms with Crippen molar-refractivity contribution in [3.63, 3.8) is 0 Å². The highest BCUT2D eigenvalue weighted by Gasteiger charge is 2.44. The van der Waals surface area contributed by atoms with Crippen molar-refractivity contribution in [3.05, 3.63) is 60.8 Å². The summed E-state index contributed by atoms with van der Waals surface area (Å²) in [5, 5.41) is 8.19. The SMILES string of the molecule is C=C(C)C(=O)OCC1CO1.C=C(C)C(=O)OCCC[Si](OC(C)C)(OC(C)C)OC(C)C.C=C(C)C(=O)OCCC[Si](OC)(OC)OC.C=C(C)C(=O)OCCC[Si](OCC)(OCC)OCC.C=C(C)C(=O)OCCO. The summed E-state index contributed by atoms with van der Waals surface area (Å²) in [6.07, 6.45) is 2.12. The second kappa shape index (κ2) is 46.2. The Bertz CT molecular complexity index is 1640. The molecular formula is C52H98O21Si3. The van der Waals surface area contributed by atoms with Gasteiger partial charge in [-0.25, -0.2) is 24.0 Å². The van der Waals surface area contributed by atoms with Crippen LogP contribution in [0.3, 0.4) is 0 Å². The van der Waals surface area contributed by atoms with Gasteiger partial charge >= 0.3 is 56.3 Å². The van der Waals surface area contributed by atoms with Crippen molar-refractivity contribution >= 4 is 56.3 Å². The van der Waals surface area contributed by atoms with Crippen molar-refractivity contribution in [2.75, 3.05) is 87.4 Å². The molecule has 1 rings (SSSR count). The number of ether oxygens (including phenoxy) is 6. The zero-order valence-corrected chi connectivity index (χ0v) is 52.3. The summed E-state index contributed by atoms with van der Waals surface area (Å²) in [7, 11) is -3.27. The van der Waals surface area contributed by atoms with E-state index < -0.39 is 32.4 Å². The summed E-state index contributed by atoms with van der Waals surface area (Å²) in [5.74, 6) is -1.90. The Labute approximate surface area is 458 Å². The van der Waals surface area contributed by atoms with Gasteiger partial charge in [-0.3, -0.25) is 0 Å². The molecule has 0 spiro atoms. The Morgan fingerprint density at radius 3 is 0.974 bits per heavy atom. The van der Waals surface area contributed by atoms with E-state index in [0.29, 0.717) is 118 Å². The van der Waals surface area contributed by atoms with Gasteiger partial charge in [-0.1, -0.05) is 32.9 Å². The van der Waals surface area contributed by atoms with Crippen LogP contribution in [-0.2, 0) is 92.2 Å². The topological polar surface area (TPSA) is 247 Å². The van der Waals surface area contributed by atoms with Gasteiger partial charge in [0.15, 0.2) is 0 Å². The monoisotopic (exact) mass is 1140 g/mol. The van der Waals surface area contributed by atoms with Gasteiger partial charge in [0.25, 0.3) is 0 Å². The minimum atomic E-state index is -2.80. The zero-order chi connectivity index (χ0) is 59.5. The van der Waals surface area contributed by atoms with Crippen molar-refractivity contribution in [1.82, 2.24) is 0 Å². The number of esters is 5. The maximum absolute atomic E-state index is 11.4. The third-order valence-corrected chi connectivity index (χ3v) is 18.2. The Morgan fingerprint density at radius 2 is 0.737 bits per heavy atom. The first-order valence-corrected chi connectivity index (χ1v) is 31.2. The second-order valence-corrected chi connectivity index (χ2v) is 25.9. The van der Waals surface area contributed by atoms with Crippen molar-refractivity contribution in [2.24, 2.45) is 0 Å². The quantitative estimate of drug-likeness (QED) is 0.0155. The molecule has 444 valence electrons. The van der Waals surface area contributed by atoms with Crippen LogP contribution in [0.5, 0.6) is 0 Å². The van der Waals surface area contributed by atoms with Crippen molar-refractivity contribution in [1.29, 1.82) is 0 Å². The van der Waals surface area contributed by atoms with E-state index in [1.54, 1.807) is 55.9 Å². The van der Waals surface area contributed by atoms with E-state index in [9.17, 15) is 24.0 Å². The van der Waals surface area contributed by atoms with Gasteiger partial charge in [-0.2, -0.15) is 0 Å². The summed E-state index contributed by atoms with van der Waals surface area (Å²) in [5.41, 5.74) is 1.99. The molecule has 0 aromatic carbocycles. The highest BCUT2D eigenvalue weighted by molar-refractivity contribution is 6.61. The first kappa shape index (κ1) is 78.8. The number of carbonyl (C=O) groups excluding carboxylic acids is 5. The molecule has 1 aliphatic rings. The van der Waals surface area contributed by atoms with E-state index in [2.05, 4.69) is 37.6 Å². The summed E-state index contributed by atoms with van der Waals surface area (Å²) in [6.45, 7) is 46.6. The highest BCUT2D eigenvalue weighted by Crippen LogP contribution is 2.24. The molecule has 0 bridgehead atoms. The van der Waals surface area contributed by atoms with E-state index in [4.69, 9.17) is 68.6 Å². The molecular weight excluding hydrogens is 1040 g/mol. The standard InChI is InChI=1S/C16H32O5Si.C13H26O5Si.C10H20O5Si.C7H10O3.C6H10O3/c1-12(2)16(17)18-10-9-11-22(19-13(3)4,20-14(5)6)21-15(7)8;1-6-16-19(17-7-2,18-8-3)11-9-10-15-13(14)12(4)5;1-9(2)10(11)15-7-6-8-16(12-3,13-4)14-5;1-5(2)7(8)10-4-6-3-9-6;1-5(2)6(8)9-4-3-7/h13-15H,1,9-11H2,2-8H3;4,6-11H2,1-3,5H3;1,6-8H2,2-5H3;6H,1,3-4H2,2H3;7H,1,3-4H2,2H3. The van der Waals surface area contributed by atoms with Crippen LogP contribution in [0.2, 0.25) is 18.1 Å². The number of hydrogen-bond donors (Lipinski definition) is 1. The maximum Gasteiger partial charge on any atom is 0.501 e. The molecule has 76 heavy (non-hydrogen) atoms. The molecule has 1 unspecified atom stereocenters. The van der Waals surface area contributed by atoms with Crippen molar-refractivity contribution in [2.45, 2.75) is 159 Å². The minimum Gasteiger partial charge on any atom is -0.462 e. The molecule has 0 radical (unpaired) electrons. The highest BCUT2D eigenvalue weighted by atomic mass is 28.4. The fourth-order valence-corrected chi connectivity index (χ4v) is 12.9. The van der Waals surface area contributed by atoms with Gasteiger partial charge in [0.2, 0.25) is 0 Å². The van der Waals surface area contributed by atoms with Crippen LogP contribution in [0.4, 0.5) is 0 Å². The molecule has 1 N–H and O–H groups in total. The first-order valence-electron chi connectivity index (χ1n) is 25.4. The van der Waals surface area contributed by atoms with Crippen LogP contribution in [0.1, 0.15) is 116 Å². The Morgan fingerprint density at radius 1 is 0.474 bits per heavy atom. The number of epoxide rings is 1. The third-order valence-electron chi connectivity index (χ3n) is 8.72. The normalized spacial score (nSPS) is 12.7. The number of aliphatic hydroxyl groups excluding tert-OH is 1. The van der Waals surface area contributed by atoms with Gasteiger partial charge in [0, 0.05) is 105 Å². The van der Waals surface area contributed by atoms with Crippen LogP contribution in [0.15, 0.2) is 60.8 Å². The average Bonchev–Trinajstić information content (AvgIpc) is 4.18. The smallest absolute Gasteiger partial charge is 0.462 e. The summed E-state index contributed by atoms with van der Waals surface area (Å²) in [6, 6.07) is 1.87. The minimum absolute atomic E-state index is 0.0159. The zero-order valence-electron chi connectivity index (χ0n) is 49.3. The predicted octanol–water partition coefficient (Wildman–Crippen LogP) is 8.23. The van der Waals surface area contributed by atoms with Gasteiger partial charge < -0.3 is 73.4 Å². The molecule has 1 atom stereocenters. The van der Waals surface area contributed by atoms with Gasteiger partial charge in [-0.15, -0.1) is 0 Å².